The number of anilines is 2. The molecule has 1 atom stereocenters. The molecule has 1 aliphatic heterocycles. The largest absolute Gasteiger partial charge is 0.490 e. The van der Waals surface area contributed by atoms with Crippen LogP contribution in [0.4, 0.5) is 11.5 Å². The van der Waals surface area contributed by atoms with Crippen LogP contribution >= 0.6 is 0 Å². The Hall–Kier alpha value is -3.08. The fourth-order valence-electron chi connectivity index (χ4n) is 4.38. The van der Waals surface area contributed by atoms with E-state index in [1.54, 1.807) is 0 Å². The Morgan fingerprint density at radius 3 is 2.93 bits per heavy atom. The molecule has 0 saturated heterocycles. The highest BCUT2D eigenvalue weighted by atomic mass is 16.5. The van der Waals surface area contributed by atoms with Crippen molar-refractivity contribution in [2.45, 2.75) is 32.2 Å². The lowest BCUT2D eigenvalue weighted by atomic mass is 9.88. The SMILES string of the molecule is Cc1nc(N[C@@H]2CCCc3ccccc32)cc(-c2ccc3c(c2)N(C)CCO3)n1. The van der Waals surface area contributed by atoms with Crippen molar-refractivity contribution in [1.29, 1.82) is 0 Å². The summed E-state index contributed by atoms with van der Waals surface area (Å²) in [5, 5.41) is 3.67. The number of hydrogen-bond acceptors (Lipinski definition) is 5. The van der Waals surface area contributed by atoms with Gasteiger partial charge in [0.05, 0.1) is 24.0 Å². The molecule has 0 radical (unpaired) electrons. The zero-order valence-corrected chi connectivity index (χ0v) is 17.0. The van der Waals surface area contributed by atoms with E-state index >= 15 is 0 Å². The third-order valence-electron chi connectivity index (χ3n) is 5.88. The molecular formula is C24H26N4O. The van der Waals surface area contributed by atoms with Gasteiger partial charge in [-0.3, -0.25) is 0 Å². The molecule has 0 bridgehead atoms. The van der Waals surface area contributed by atoms with Crippen molar-refractivity contribution >= 4 is 11.5 Å². The Labute approximate surface area is 171 Å². The quantitative estimate of drug-likeness (QED) is 0.703. The van der Waals surface area contributed by atoms with E-state index in [2.05, 4.69) is 64.7 Å². The molecule has 3 aromatic rings. The highest BCUT2D eigenvalue weighted by Crippen LogP contribution is 2.36. The van der Waals surface area contributed by atoms with Crippen molar-refractivity contribution in [3.63, 3.8) is 0 Å². The van der Waals surface area contributed by atoms with Crippen molar-refractivity contribution in [3.05, 3.63) is 65.5 Å². The van der Waals surface area contributed by atoms with Crippen LogP contribution in [-0.4, -0.2) is 30.2 Å². The van der Waals surface area contributed by atoms with Crippen molar-refractivity contribution in [2.75, 3.05) is 30.4 Å². The summed E-state index contributed by atoms with van der Waals surface area (Å²) in [7, 11) is 2.10. The van der Waals surface area contributed by atoms with Gasteiger partial charge in [-0.15, -0.1) is 0 Å². The molecule has 0 amide bonds. The molecule has 1 aromatic heterocycles. The number of rotatable bonds is 3. The van der Waals surface area contributed by atoms with Crippen LogP contribution < -0.4 is 15.0 Å². The summed E-state index contributed by atoms with van der Waals surface area (Å²) in [5.41, 5.74) is 5.97. The van der Waals surface area contributed by atoms with Gasteiger partial charge >= 0.3 is 0 Å². The molecule has 5 nitrogen and oxygen atoms in total. The lowest BCUT2D eigenvalue weighted by Crippen LogP contribution is -2.28. The monoisotopic (exact) mass is 386 g/mol. The first kappa shape index (κ1) is 18.0. The predicted octanol–water partition coefficient (Wildman–Crippen LogP) is 4.77. The van der Waals surface area contributed by atoms with E-state index in [4.69, 9.17) is 9.72 Å². The number of nitrogens with zero attached hydrogens (tertiary/aromatic N) is 3. The molecule has 0 fully saturated rings. The smallest absolute Gasteiger partial charge is 0.142 e. The second kappa shape index (κ2) is 7.39. The number of fused-ring (bicyclic) bond motifs is 2. The van der Waals surface area contributed by atoms with Crippen LogP contribution in [0.3, 0.4) is 0 Å². The van der Waals surface area contributed by atoms with E-state index in [9.17, 15) is 0 Å². The number of likely N-dealkylation sites (N-methyl/N-ethyl adjacent to an activating group) is 1. The number of ether oxygens (including phenoxy) is 1. The number of aryl methyl sites for hydroxylation is 2. The zero-order valence-electron chi connectivity index (χ0n) is 17.0. The van der Waals surface area contributed by atoms with Crippen LogP contribution in [0.2, 0.25) is 0 Å². The fourth-order valence-corrected chi connectivity index (χ4v) is 4.38. The van der Waals surface area contributed by atoms with Gasteiger partial charge in [0, 0.05) is 18.7 Å². The Morgan fingerprint density at radius 2 is 2.00 bits per heavy atom. The number of nitrogens with one attached hydrogen (secondary N) is 1. The summed E-state index contributed by atoms with van der Waals surface area (Å²) in [6, 6.07) is 17.4. The van der Waals surface area contributed by atoms with Crippen LogP contribution in [0.25, 0.3) is 11.3 Å². The van der Waals surface area contributed by atoms with Gasteiger partial charge in [-0.1, -0.05) is 24.3 Å². The zero-order chi connectivity index (χ0) is 19.8. The second-order valence-electron chi connectivity index (χ2n) is 7.93. The summed E-state index contributed by atoms with van der Waals surface area (Å²) < 4.78 is 5.78. The molecule has 0 spiro atoms. The van der Waals surface area contributed by atoms with Gasteiger partial charge in [-0.05, 0) is 55.5 Å². The molecule has 1 aliphatic carbocycles. The van der Waals surface area contributed by atoms with Crippen molar-refractivity contribution in [1.82, 2.24) is 9.97 Å². The van der Waals surface area contributed by atoms with E-state index in [-0.39, 0.29) is 0 Å². The minimum Gasteiger partial charge on any atom is -0.490 e. The third kappa shape index (κ3) is 3.53. The average Bonchev–Trinajstić information content (AvgIpc) is 2.74. The number of hydrogen-bond donors (Lipinski definition) is 1. The van der Waals surface area contributed by atoms with Crippen LogP contribution in [0.5, 0.6) is 5.75 Å². The maximum Gasteiger partial charge on any atom is 0.142 e. The summed E-state index contributed by atoms with van der Waals surface area (Å²) in [5.74, 6) is 2.60. The first-order valence-corrected chi connectivity index (χ1v) is 10.4. The Morgan fingerprint density at radius 1 is 1.10 bits per heavy atom. The molecule has 1 N–H and O–H groups in total. The molecule has 148 valence electrons. The lowest BCUT2D eigenvalue weighted by Gasteiger charge is -2.28. The fraction of sp³-hybridized carbons (Fsp3) is 0.333. The summed E-state index contributed by atoms with van der Waals surface area (Å²) in [6.07, 6.45) is 3.48. The summed E-state index contributed by atoms with van der Waals surface area (Å²) >= 11 is 0. The highest BCUT2D eigenvalue weighted by molar-refractivity contribution is 5.72. The lowest BCUT2D eigenvalue weighted by molar-refractivity contribution is 0.311. The van der Waals surface area contributed by atoms with E-state index in [1.807, 2.05) is 13.0 Å². The van der Waals surface area contributed by atoms with Gasteiger partial charge in [-0.25, -0.2) is 9.97 Å². The van der Waals surface area contributed by atoms with Crippen LogP contribution in [0.15, 0.2) is 48.5 Å². The van der Waals surface area contributed by atoms with Gasteiger partial charge in [0.15, 0.2) is 0 Å². The van der Waals surface area contributed by atoms with Gasteiger partial charge in [0.1, 0.15) is 24.0 Å². The molecular weight excluding hydrogens is 360 g/mol. The molecule has 2 aromatic carbocycles. The topological polar surface area (TPSA) is 50.3 Å². The highest BCUT2D eigenvalue weighted by Gasteiger charge is 2.21. The number of aromatic nitrogens is 2. The normalized spacial score (nSPS) is 17.9. The number of benzene rings is 2. The molecule has 0 saturated carbocycles. The van der Waals surface area contributed by atoms with Gasteiger partial charge in [-0.2, -0.15) is 0 Å². The van der Waals surface area contributed by atoms with Gasteiger partial charge in [0.25, 0.3) is 0 Å². The van der Waals surface area contributed by atoms with E-state index in [0.717, 1.165) is 60.3 Å². The van der Waals surface area contributed by atoms with Crippen molar-refractivity contribution < 1.29 is 4.74 Å². The first-order valence-electron chi connectivity index (χ1n) is 10.4. The van der Waals surface area contributed by atoms with Crippen LogP contribution in [0.1, 0.15) is 35.8 Å². The Bertz CT molecular complexity index is 1050. The second-order valence-corrected chi connectivity index (χ2v) is 7.93. The first-order chi connectivity index (χ1) is 14.2. The molecule has 2 heterocycles. The molecule has 5 rings (SSSR count). The maximum atomic E-state index is 5.78. The Balaban J connectivity index is 1.47. The predicted molar refractivity (Wildman–Crippen MR) is 117 cm³/mol. The minimum absolute atomic E-state index is 0.296. The Kier molecular flexibility index (Phi) is 4.58. The third-order valence-corrected chi connectivity index (χ3v) is 5.88. The van der Waals surface area contributed by atoms with Crippen molar-refractivity contribution in [2.24, 2.45) is 0 Å². The van der Waals surface area contributed by atoms with Crippen molar-refractivity contribution in [3.8, 4) is 17.0 Å². The maximum absolute atomic E-state index is 5.78. The van der Waals surface area contributed by atoms with E-state index in [1.165, 1.54) is 17.5 Å². The van der Waals surface area contributed by atoms with E-state index in [0.29, 0.717) is 6.04 Å². The average molecular weight is 386 g/mol. The standard InChI is InChI=1S/C24H26N4O/c1-16-25-21(18-10-11-23-22(14-18)28(2)12-13-29-23)15-24(26-16)27-20-9-5-7-17-6-3-4-8-19(17)20/h3-4,6,8,10-11,14-15,20H,5,7,9,12-13H2,1-2H3,(H,25,26,27)/t20-/m1/s1. The van der Waals surface area contributed by atoms with Crippen LogP contribution in [0, 0.1) is 6.92 Å². The van der Waals surface area contributed by atoms with Gasteiger partial charge in [0.2, 0.25) is 0 Å². The van der Waals surface area contributed by atoms with E-state index < -0.39 is 0 Å². The van der Waals surface area contributed by atoms with Crippen LogP contribution in [-0.2, 0) is 6.42 Å². The summed E-state index contributed by atoms with van der Waals surface area (Å²) in [6.45, 7) is 3.58. The summed E-state index contributed by atoms with van der Waals surface area (Å²) in [4.78, 5) is 11.6. The minimum atomic E-state index is 0.296. The molecule has 0 unspecified atom stereocenters. The van der Waals surface area contributed by atoms with Gasteiger partial charge < -0.3 is 15.0 Å². The molecule has 29 heavy (non-hydrogen) atoms. The molecule has 5 heteroatoms. The molecule has 2 aliphatic rings.